The van der Waals surface area contributed by atoms with Crippen molar-refractivity contribution in [3.05, 3.63) is 70.5 Å². The van der Waals surface area contributed by atoms with Gasteiger partial charge in [0.2, 0.25) is 10.3 Å². The molecule has 0 aromatic heterocycles. The summed E-state index contributed by atoms with van der Waals surface area (Å²) in [6.07, 6.45) is 3.22. The second-order valence-electron chi connectivity index (χ2n) is 5.48. The average molecular weight is 344 g/mol. The van der Waals surface area contributed by atoms with Crippen molar-refractivity contribution in [2.75, 3.05) is 0 Å². The van der Waals surface area contributed by atoms with E-state index in [0.717, 1.165) is 6.07 Å². The van der Waals surface area contributed by atoms with Crippen molar-refractivity contribution in [3.8, 4) is 5.75 Å². The van der Waals surface area contributed by atoms with Crippen molar-refractivity contribution in [2.45, 2.75) is 6.92 Å². The Balaban J connectivity index is 2.30. The Labute approximate surface area is 139 Å². The van der Waals surface area contributed by atoms with Crippen LogP contribution in [0.15, 0.2) is 42.5 Å². The normalized spacial score (nSPS) is 15.9. The summed E-state index contributed by atoms with van der Waals surface area (Å²) >= 11 is 0. The molecule has 0 radical (unpaired) electrons. The molecule has 1 unspecified atom stereocenters. The maximum absolute atomic E-state index is 13.9. The molecule has 3 rings (SSSR count). The number of fused-ring (bicyclic) bond motifs is 1. The zero-order valence-electron chi connectivity index (χ0n) is 12.7. The Morgan fingerprint density at radius 1 is 1.17 bits per heavy atom. The lowest BCUT2D eigenvalue weighted by Crippen LogP contribution is -2.19. The molecule has 4 nitrogen and oxygen atoms in total. The Hall–Kier alpha value is -2.73. The number of halogens is 1. The van der Waals surface area contributed by atoms with Gasteiger partial charge in [-0.25, -0.2) is 4.39 Å². The van der Waals surface area contributed by atoms with Gasteiger partial charge in [-0.1, -0.05) is 31.2 Å². The van der Waals surface area contributed by atoms with Crippen LogP contribution in [0.4, 0.5) is 4.39 Å². The first-order chi connectivity index (χ1) is 11.4. The molecule has 1 N–H and O–H groups in total. The van der Waals surface area contributed by atoms with Crippen molar-refractivity contribution in [1.82, 2.24) is 0 Å². The molecule has 0 spiro atoms. The third-order valence-electron chi connectivity index (χ3n) is 3.98. The van der Waals surface area contributed by atoms with Gasteiger partial charge < -0.3 is 5.11 Å². The number of rotatable bonds is 2. The Kier molecular flexibility index (Phi) is 4.07. The molecule has 0 bridgehead atoms. The highest BCUT2D eigenvalue weighted by atomic mass is 32.2. The van der Waals surface area contributed by atoms with Gasteiger partial charge in [-0.15, -0.1) is 0 Å². The van der Waals surface area contributed by atoms with Crippen LogP contribution in [0.25, 0.3) is 6.08 Å². The van der Waals surface area contributed by atoms with Crippen molar-refractivity contribution >= 4 is 27.0 Å². The van der Waals surface area contributed by atoms with E-state index in [0.29, 0.717) is 5.56 Å². The number of phenolic OH excluding ortho intramolecular Hbond substituents is 1. The van der Waals surface area contributed by atoms with Gasteiger partial charge in [0.25, 0.3) is 0 Å². The lowest BCUT2D eigenvalue weighted by atomic mass is 9.85. The number of allylic oxidation sites excluding steroid dienone is 1. The van der Waals surface area contributed by atoms with Gasteiger partial charge in [0.15, 0.2) is 5.78 Å². The molecule has 1 atom stereocenters. The molecule has 2 aromatic carbocycles. The average Bonchev–Trinajstić information content (AvgIpc) is 2.54. The van der Waals surface area contributed by atoms with Gasteiger partial charge in [-0.2, -0.15) is 8.42 Å². The Morgan fingerprint density at radius 2 is 1.88 bits per heavy atom. The standard InChI is InChI=1S/C18H13FO4S/c1-10-6-7-11-12(18(10)24(22)23)8-9-15(20)16(11)17(21)13-4-2-3-5-14(13)19/h2-10,20H,1H3. The SMILES string of the molecule is CC1C=Cc2c(ccc(O)c2C(=O)c2ccccc2F)C1=S(=O)=O. The maximum Gasteiger partial charge on any atom is 0.218 e. The first kappa shape index (κ1) is 16.1. The summed E-state index contributed by atoms with van der Waals surface area (Å²) in [4.78, 5) is 12.9. The van der Waals surface area contributed by atoms with E-state index in [1.165, 1.54) is 30.3 Å². The molecule has 0 aliphatic heterocycles. The van der Waals surface area contributed by atoms with Gasteiger partial charge in [0.05, 0.1) is 16.0 Å². The highest BCUT2D eigenvalue weighted by molar-refractivity contribution is 7.73. The molecular formula is C18H13FO4S. The van der Waals surface area contributed by atoms with E-state index in [1.54, 1.807) is 19.1 Å². The minimum Gasteiger partial charge on any atom is -0.507 e. The number of aromatic hydroxyl groups is 1. The van der Waals surface area contributed by atoms with Gasteiger partial charge >= 0.3 is 0 Å². The summed E-state index contributed by atoms with van der Waals surface area (Å²) in [5.74, 6) is -2.07. The molecule has 24 heavy (non-hydrogen) atoms. The summed E-state index contributed by atoms with van der Waals surface area (Å²) in [7, 11) is -2.47. The summed E-state index contributed by atoms with van der Waals surface area (Å²) < 4.78 is 37.0. The highest BCUT2D eigenvalue weighted by Gasteiger charge is 2.27. The second-order valence-corrected chi connectivity index (χ2v) is 6.39. The molecule has 0 saturated carbocycles. The molecule has 2 aromatic rings. The molecule has 122 valence electrons. The number of hydrogen-bond acceptors (Lipinski definition) is 4. The molecule has 0 fully saturated rings. The second kappa shape index (κ2) is 6.05. The molecule has 1 aliphatic carbocycles. The van der Waals surface area contributed by atoms with Crippen LogP contribution in [-0.2, 0) is 10.3 Å². The summed E-state index contributed by atoms with van der Waals surface area (Å²) in [5, 5.41) is 10.1. The summed E-state index contributed by atoms with van der Waals surface area (Å²) in [6, 6.07) is 8.16. The first-order valence-electron chi connectivity index (χ1n) is 7.21. The van der Waals surface area contributed by atoms with Crippen molar-refractivity contribution < 1.29 is 22.7 Å². The fourth-order valence-electron chi connectivity index (χ4n) is 2.83. The predicted molar refractivity (Wildman–Crippen MR) is 89.2 cm³/mol. The third kappa shape index (κ3) is 2.55. The third-order valence-corrected chi connectivity index (χ3v) is 4.93. The number of benzene rings is 2. The van der Waals surface area contributed by atoms with E-state index in [2.05, 4.69) is 0 Å². The van der Waals surface area contributed by atoms with Crippen LogP contribution in [-0.4, -0.2) is 24.2 Å². The van der Waals surface area contributed by atoms with E-state index in [4.69, 9.17) is 0 Å². The number of carbonyl (C=O) groups excluding carboxylic acids is 1. The summed E-state index contributed by atoms with van der Waals surface area (Å²) in [5.41, 5.74) is 0.332. The largest absolute Gasteiger partial charge is 0.507 e. The molecule has 0 heterocycles. The van der Waals surface area contributed by atoms with Crippen molar-refractivity contribution in [2.24, 2.45) is 5.92 Å². The van der Waals surface area contributed by atoms with Crippen LogP contribution >= 0.6 is 0 Å². The monoisotopic (exact) mass is 344 g/mol. The van der Waals surface area contributed by atoms with Gasteiger partial charge in [0, 0.05) is 11.5 Å². The van der Waals surface area contributed by atoms with Crippen LogP contribution in [0.2, 0.25) is 0 Å². The maximum atomic E-state index is 13.9. The smallest absolute Gasteiger partial charge is 0.218 e. The molecule has 1 aliphatic rings. The van der Waals surface area contributed by atoms with E-state index in [1.807, 2.05) is 0 Å². The van der Waals surface area contributed by atoms with E-state index in [9.17, 15) is 22.7 Å². The Bertz CT molecular complexity index is 1010. The van der Waals surface area contributed by atoms with Crippen LogP contribution in [0, 0.1) is 11.7 Å². The number of hydrogen-bond donors (Lipinski definition) is 1. The van der Waals surface area contributed by atoms with E-state index >= 15 is 0 Å². The highest BCUT2D eigenvalue weighted by Crippen LogP contribution is 2.33. The quantitative estimate of drug-likeness (QED) is 0.672. The number of carbonyl (C=O) groups is 1. The molecule has 0 saturated heterocycles. The van der Waals surface area contributed by atoms with Crippen molar-refractivity contribution in [3.63, 3.8) is 0 Å². The number of ketones is 1. The fourth-order valence-corrected chi connectivity index (χ4v) is 3.57. The first-order valence-corrected chi connectivity index (χ1v) is 8.29. The van der Waals surface area contributed by atoms with Gasteiger partial charge in [-0.3, -0.25) is 4.79 Å². The van der Waals surface area contributed by atoms with Crippen LogP contribution < -0.4 is 0 Å². The lowest BCUT2D eigenvalue weighted by molar-refractivity contribution is 0.103. The predicted octanol–water partition coefficient (Wildman–Crippen LogP) is 2.82. The lowest BCUT2D eigenvalue weighted by Gasteiger charge is -2.20. The minimum absolute atomic E-state index is 0.108. The van der Waals surface area contributed by atoms with Gasteiger partial charge in [0.1, 0.15) is 11.6 Å². The topological polar surface area (TPSA) is 71.4 Å². The molecular weight excluding hydrogens is 331 g/mol. The molecule has 0 amide bonds. The summed E-state index contributed by atoms with van der Waals surface area (Å²) in [6.45, 7) is 1.72. The van der Waals surface area contributed by atoms with E-state index in [-0.39, 0.29) is 33.2 Å². The van der Waals surface area contributed by atoms with E-state index < -0.39 is 21.9 Å². The van der Waals surface area contributed by atoms with Gasteiger partial charge in [-0.05, 0) is 29.8 Å². The van der Waals surface area contributed by atoms with Crippen LogP contribution in [0.1, 0.15) is 34.0 Å². The fraction of sp³-hybridized carbons (Fsp3) is 0.111. The molecule has 6 heteroatoms. The Morgan fingerprint density at radius 3 is 2.54 bits per heavy atom. The van der Waals surface area contributed by atoms with Crippen LogP contribution in [0.5, 0.6) is 5.75 Å². The zero-order valence-corrected chi connectivity index (χ0v) is 13.5. The minimum atomic E-state index is -2.47. The number of phenols is 1. The zero-order chi connectivity index (χ0) is 17.4. The van der Waals surface area contributed by atoms with Crippen LogP contribution in [0.3, 0.4) is 0 Å². The van der Waals surface area contributed by atoms with Crippen molar-refractivity contribution in [1.29, 1.82) is 0 Å².